The van der Waals surface area contributed by atoms with Crippen LogP contribution in [0.2, 0.25) is 0 Å². The van der Waals surface area contributed by atoms with Gasteiger partial charge in [-0.3, -0.25) is 0 Å². The van der Waals surface area contributed by atoms with Crippen molar-refractivity contribution in [3.05, 3.63) is 46.5 Å². The number of benzene rings is 2. The zero-order valence-electron chi connectivity index (χ0n) is 16.5. The second kappa shape index (κ2) is 6.93. The summed E-state index contributed by atoms with van der Waals surface area (Å²) in [5, 5.41) is 40.3. The summed E-state index contributed by atoms with van der Waals surface area (Å²) in [5.74, 6) is 0.224. The fraction of sp³-hybridized carbons (Fsp3) is 0.455. The minimum atomic E-state index is -0.298. The lowest BCUT2D eigenvalue weighted by Gasteiger charge is -2.25. The van der Waals surface area contributed by atoms with Crippen molar-refractivity contribution in [2.45, 2.75) is 65.6 Å². The molecule has 0 aliphatic rings. The number of hydrogen-bond donors (Lipinski definition) is 4. The number of aliphatic hydroxyl groups excluding tert-OH is 2. The van der Waals surface area contributed by atoms with Crippen molar-refractivity contribution in [2.75, 3.05) is 0 Å². The quantitative estimate of drug-likeness (QED) is 0.658. The van der Waals surface area contributed by atoms with E-state index in [0.29, 0.717) is 11.1 Å². The van der Waals surface area contributed by atoms with Gasteiger partial charge < -0.3 is 20.4 Å². The maximum atomic E-state index is 10.5. The molecule has 142 valence electrons. The van der Waals surface area contributed by atoms with Crippen LogP contribution in [0.5, 0.6) is 11.5 Å². The van der Waals surface area contributed by atoms with E-state index in [1.807, 2.05) is 53.7 Å². The van der Waals surface area contributed by atoms with Crippen LogP contribution in [0.15, 0.2) is 24.3 Å². The van der Waals surface area contributed by atoms with Gasteiger partial charge in [0, 0.05) is 22.3 Å². The van der Waals surface area contributed by atoms with Crippen LogP contribution in [0.25, 0.3) is 11.1 Å². The molecular formula is C22H30O4. The Bertz CT molecular complexity index is 739. The summed E-state index contributed by atoms with van der Waals surface area (Å²) in [5.41, 5.74) is 3.48. The van der Waals surface area contributed by atoms with Crippen molar-refractivity contribution < 1.29 is 20.4 Å². The van der Waals surface area contributed by atoms with E-state index in [0.717, 1.165) is 22.3 Å². The fourth-order valence-corrected chi connectivity index (χ4v) is 3.11. The molecule has 2 rings (SSSR count). The first kappa shape index (κ1) is 20.3. The Morgan fingerprint density at radius 3 is 1.15 bits per heavy atom. The first-order chi connectivity index (χ1) is 11.9. The van der Waals surface area contributed by atoms with Gasteiger partial charge >= 0.3 is 0 Å². The number of aromatic hydroxyl groups is 2. The molecule has 2 aromatic carbocycles. The third-order valence-corrected chi connectivity index (χ3v) is 4.67. The Morgan fingerprint density at radius 2 is 0.923 bits per heavy atom. The molecule has 26 heavy (non-hydrogen) atoms. The zero-order chi connectivity index (χ0) is 19.9. The molecule has 4 N–H and O–H groups in total. The molecule has 0 unspecified atom stereocenters. The Morgan fingerprint density at radius 1 is 0.615 bits per heavy atom. The Balaban J connectivity index is 2.80. The Labute approximate surface area is 155 Å². The zero-order valence-corrected chi connectivity index (χ0v) is 16.5. The van der Waals surface area contributed by atoms with Crippen molar-refractivity contribution in [2.24, 2.45) is 0 Å². The molecule has 0 atom stereocenters. The molecule has 0 bridgehead atoms. The van der Waals surface area contributed by atoms with Gasteiger partial charge in [-0.05, 0) is 46.2 Å². The monoisotopic (exact) mass is 358 g/mol. The average Bonchev–Trinajstić information content (AvgIpc) is 2.53. The second-order valence-electron chi connectivity index (χ2n) is 8.88. The number of rotatable bonds is 3. The van der Waals surface area contributed by atoms with Gasteiger partial charge in [0.05, 0.1) is 13.2 Å². The lowest BCUT2D eigenvalue weighted by atomic mass is 9.81. The van der Waals surface area contributed by atoms with Crippen LogP contribution in [-0.4, -0.2) is 20.4 Å². The predicted octanol–water partition coefficient (Wildman–Crippen LogP) is 4.34. The molecule has 4 nitrogen and oxygen atoms in total. The van der Waals surface area contributed by atoms with Gasteiger partial charge in [-0.2, -0.15) is 0 Å². The smallest absolute Gasteiger partial charge is 0.124 e. The van der Waals surface area contributed by atoms with E-state index in [2.05, 4.69) is 0 Å². The standard InChI is InChI=1S/C22H30O4/c1-21(2,3)17-9-13(7-15(11-23)19(17)25)14-8-16(12-24)20(26)18(10-14)22(4,5)6/h7-10,23-26H,11-12H2,1-6H3. The molecule has 0 heterocycles. The summed E-state index contributed by atoms with van der Waals surface area (Å²) in [7, 11) is 0. The highest BCUT2D eigenvalue weighted by molar-refractivity contribution is 5.71. The van der Waals surface area contributed by atoms with Gasteiger partial charge in [0.15, 0.2) is 0 Å². The molecule has 2 aromatic rings. The van der Waals surface area contributed by atoms with E-state index < -0.39 is 0 Å². The van der Waals surface area contributed by atoms with Crippen LogP contribution >= 0.6 is 0 Å². The summed E-state index contributed by atoms with van der Waals surface area (Å²) < 4.78 is 0. The van der Waals surface area contributed by atoms with E-state index >= 15 is 0 Å². The number of hydrogen-bond acceptors (Lipinski definition) is 4. The van der Waals surface area contributed by atoms with Crippen molar-refractivity contribution in [3.8, 4) is 22.6 Å². The topological polar surface area (TPSA) is 80.9 Å². The van der Waals surface area contributed by atoms with Gasteiger partial charge in [-0.15, -0.1) is 0 Å². The maximum Gasteiger partial charge on any atom is 0.124 e. The molecule has 0 saturated carbocycles. The predicted molar refractivity (Wildman–Crippen MR) is 104 cm³/mol. The minimum absolute atomic E-state index is 0.112. The van der Waals surface area contributed by atoms with E-state index in [1.54, 1.807) is 12.1 Å². The molecular weight excluding hydrogens is 328 g/mol. The van der Waals surface area contributed by atoms with Crippen LogP contribution < -0.4 is 0 Å². The molecule has 0 fully saturated rings. The SMILES string of the molecule is CC(C)(C)c1cc(-c2cc(CO)c(O)c(C(C)(C)C)c2)cc(CO)c1O. The molecule has 0 aliphatic heterocycles. The molecule has 0 aromatic heterocycles. The molecule has 0 spiro atoms. The van der Waals surface area contributed by atoms with E-state index in [-0.39, 0.29) is 35.5 Å². The second-order valence-corrected chi connectivity index (χ2v) is 8.88. The molecule has 0 radical (unpaired) electrons. The van der Waals surface area contributed by atoms with Crippen molar-refractivity contribution >= 4 is 0 Å². The normalized spacial score (nSPS) is 12.5. The van der Waals surface area contributed by atoms with Gasteiger partial charge in [-0.1, -0.05) is 41.5 Å². The summed E-state index contributed by atoms with van der Waals surface area (Å²) in [6, 6.07) is 7.33. The van der Waals surface area contributed by atoms with Crippen LogP contribution in [-0.2, 0) is 24.0 Å². The van der Waals surface area contributed by atoms with E-state index in [9.17, 15) is 20.4 Å². The van der Waals surface area contributed by atoms with Crippen molar-refractivity contribution in [1.29, 1.82) is 0 Å². The lowest BCUT2D eigenvalue weighted by molar-refractivity contribution is 0.274. The Kier molecular flexibility index (Phi) is 5.41. The van der Waals surface area contributed by atoms with Gasteiger partial charge in [0.25, 0.3) is 0 Å². The number of phenols is 2. The summed E-state index contributed by atoms with van der Waals surface area (Å²) >= 11 is 0. The minimum Gasteiger partial charge on any atom is -0.507 e. The highest BCUT2D eigenvalue weighted by Crippen LogP contribution is 2.41. The number of aliphatic hydroxyl groups is 2. The molecule has 0 saturated heterocycles. The van der Waals surface area contributed by atoms with Gasteiger partial charge in [-0.25, -0.2) is 0 Å². The van der Waals surface area contributed by atoms with E-state index in [4.69, 9.17) is 0 Å². The molecule has 0 aliphatic carbocycles. The maximum absolute atomic E-state index is 10.5. The van der Waals surface area contributed by atoms with E-state index in [1.165, 1.54) is 0 Å². The van der Waals surface area contributed by atoms with Gasteiger partial charge in [0.1, 0.15) is 11.5 Å². The Hall–Kier alpha value is -2.04. The van der Waals surface area contributed by atoms with Crippen LogP contribution in [0.3, 0.4) is 0 Å². The third-order valence-electron chi connectivity index (χ3n) is 4.67. The van der Waals surface area contributed by atoms with Crippen molar-refractivity contribution in [1.82, 2.24) is 0 Å². The van der Waals surface area contributed by atoms with Crippen LogP contribution in [0, 0.1) is 0 Å². The summed E-state index contributed by atoms with van der Waals surface area (Å²) in [6.07, 6.45) is 0. The van der Waals surface area contributed by atoms with Gasteiger partial charge in [0.2, 0.25) is 0 Å². The van der Waals surface area contributed by atoms with Crippen molar-refractivity contribution in [3.63, 3.8) is 0 Å². The lowest BCUT2D eigenvalue weighted by Crippen LogP contribution is -2.13. The highest BCUT2D eigenvalue weighted by Gasteiger charge is 2.24. The third kappa shape index (κ3) is 3.87. The fourth-order valence-electron chi connectivity index (χ4n) is 3.11. The summed E-state index contributed by atoms with van der Waals surface area (Å²) in [4.78, 5) is 0. The first-order valence-electron chi connectivity index (χ1n) is 8.85. The average molecular weight is 358 g/mol. The summed E-state index contributed by atoms with van der Waals surface area (Å²) in [6.45, 7) is 11.5. The molecule has 4 heteroatoms. The largest absolute Gasteiger partial charge is 0.507 e. The van der Waals surface area contributed by atoms with Crippen LogP contribution in [0.4, 0.5) is 0 Å². The highest BCUT2D eigenvalue weighted by atomic mass is 16.3. The first-order valence-corrected chi connectivity index (χ1v) is 8.85. The van der Waals surface area contributed by atoms with Crippen LogP contribution in [0.1, 0.15) is 63.8 Å². The molecule has 0 amide bonds.